The molecule has 2 aromatic rings. The number of esters is 1. The van der Waals surface area contributed by atoms with Gasteiger partial charge >= 0.3 is 5.97 Å². The van der Waals surface area contributed by atoms with Gasteiger partial charge in [-0.3, -0.25) is 4.79 Å². The second-order valence-electron chi connectivity index (χ2n) is 6.12. The third-order valence-electron chi connectivity index (χ3n) is 4.70. The van der Waals surface area contributed by atoms with Gasteiger partial charge in [-0.25, -0.2) is 4.98 Å². The zero-order valence-corrected chi connectivity index (χ0v) is 12.7. The van der Waals surface area contributed by atoms with E-state index in [1.165, 1.54) is 18.2 Å². The minimum atomic E-state index is -0.865. The minimum Gasteiger partial charge on any atom is -0.468 e. The van der Waals surface area contributed by atoms with Crippen LogP contribution in [0.5, 0.6) is 0 Å². The third-order valence-corrected chi connectivity index (χ3v) is 4.70. The fourth-order valence-corrected chi connectivity index (χ4v) is 3.25. The average molecular weight is 287 g/mol. The monoisotopic (exact) mass is 287 g/mol. The van der Waals surface area contributed by atoms with Gasteiger partial charge < -0.3 is 15.0 Å². The first-order valence-electron chi connectivity index (χ1n) is 7.26. The van der Waals surface area contributed by atoms with Crippen molar-refractivity contribution >= 4 is 17.0 Å². The minimum absolute atomic E-state index is 0.196. The molecule has 0 saturated heterocycles. The van der Waals surface area contributed by atoms with Gasteiger partial charge in [-0.2, -0.15) is 0 Å². The molecule has 5 heteroatoms. The molecule has 0 radical (unpaired) electrons. The van der Waals surface area contributed by atoms with Gasteiger partial charge in [0, 0.05) is 6.04 Å². The molecule has 0 aliphatic heterocycles. The first kappa shape index (κ1) is 14.1. The predicted molar refractivity (Wildman–Crippen MR) is 81.0 cm³/mol. The summed E-state index contributed by atoms with van der Waals surface area (Å²) in [6.45, 7) is 4.19. The lowest BCUT2D eigenvalue weighted by molar-refractivity contribution is -0.146. The van der Waals surface area contributed by atoms with Crippen LogP contribution in [0.4, 0.5) is 0 Å². The number of nitrogens with zero attached hydrogens (tertiary/aromatic N) is 2. The molecule has 2 atom stereocenters. The van der Waals surface area contributed by atoms with Gasteiger partial charge in [-0.05, 0) is 56.4 Å². The van der Waals surface area contributed by atoms with Gasteiger partial charge in [0.2, 0.25) is 0 Å². The molecule has 1 saturated carbocycles. The number of benzene rings is 1. The number of carbonyl (C=O) groups excluding carboxylic acids is 1. The van der Waals surface area contributed by atoms with E-state index in [1.807, 2.05) is 6.33 Å². The summed E-state index contributed by atoms with van der Waals surface area (Å²) in [5, 5.41) is 0. The van der Waals surface area contributed by atoms with E-state index in [9.17, 15) is 4.79 Å². The quantitative estimate of drug-likeness (QED) is 0.860. The summed E-state index contributed by atoms with van der Waals surface area (Å²) < 4.78 is 6.99. The van der Waals surface area contributed by atoms with Crippen LogP contribution in [-0.2, 0) is 9.53 Å². The number of methoxy groups -OCH3 is 1. The van der Waals surface area contributed by atoms with Gasteiger partial charge in [0.05, 0.1) is 24.5 Å². The van der Waals surface area contributed by atoms with E-state index >= 15 is 0 Å². The summed E-state index contributed by atoms with van der Waals surface area (Å²) in [6, 6.07) is 4.46. The van der Waals surface area contributed by atoms with Gasteiger partial charge in [0.15, 0.2) is 0 Å². The van der Waals surface area contributed by atoms with Crippen LogP contribution in [0, 0.1) is 13.8 Å². The molecule has 1 aliphatic carbocycles. The van der Waals surface area contributed by atoms with E-state index in [0.717, 1.165) is 17.5 Å². The Morgan fingerprint density at radius 1 is 1.43 bits per heavy atom. The lowest BCUT2D eigenvalue weighted by Gasteiger charge is -2.21. The molecule has 5 nitrogen and oxygen atoms in total. The van der Waals surface area contributed by atoms with Crippen LogP contribution < -0.4 is 5.73 Å². The van der Waals surface area contributed by atoms with Crippen molar-refractivity contribution in [3.05, 3.63) is 29.6 Å². The molecule has 0 spiro atoms. The van der Waals surface area contributed by atoms with Crippen molar-refractivity contribution in [2.45, 2.75) is 44.7 Å². The van der Waals surface area contributed by atoms with Crippen molar-refractivity contribution in [2.75, 3.05) is 7.11 Å². The van der Waals surface area contributed by atoms with Gasteiger partial charge in [0.25, 0.3) is 0 Å². The van der Waals surface area contributed by atoms with Crippen molar-refractivity contribution < 1.29 is 9.53 Å². The van der Waals surface area contributed by atoms with Crippen LogP contribution in [-0.4, -0.2) is 28.2 Å². The summed E-state index contributed by atoms with van der Waals surface area (Å²) in [5.41, 5.74) is 9.92. The number of hydrogen-bond acceptors (Lipinski definition) is 4. The van der Waals surface area contributed by atoms with E-state index < -0.39 is 5.54 Å². The van der Waals surface area contributed by atoms with Gasteiger partial charge in [0.1, 0.15) is 5.54 Å². The van der Waals surface area contributed by atoms with Crippen molar-refractivity contribution in [3.8, 4) is 0 Å². The number of ether oxygens (including phenoxy) is 1. The highest BCUT2D eigenvalue weighted by Crippen LogP contribution is 2.38. The molecule has 0 bridgehead atoms. The molecular weight excluding hydrogens is 266 g/mol. The first-order valence-corrected chi connectivity index (χ1v) is 7.26. The molecule has 1 aromatic carbocycles. The standard InChI is InChI=1S/C16H21N3O2/c1-10-6-13-14(7-11(10)2)19(9-18-13)12-4-5-16(17,8-12)15(20)21-3/h6-7,9,12H,4-5,8,17H2,1-3H3. The van der Waals surface area contributed by atoms with E-state index in [2.05, 4.69) is 35.5 Å². The Bertz CT molecular complexity index is 707. The molecule has 21 heavy (non-hydrogen) atoms. The summed E-state index contributed by atoms with van der Waals surface area (Å²) in [5.74, 6) is -0.318. The SMILES string of the molecule is COC(=O)C1(N)CCC(n2cnc3cc(C)c(C)cc32)C1. The van der Waals surface area contributed by atoms with E-state index in [-0.39, 0.29) is 12.0 Å². The predicted octanol–water partition coefficient (Wildman–Crippen LogP) is 2.25. The molecule has 1 fully saturated rings. The molecule has 1 aromatic heterocycles. The van der Waals surface area contributed by atoms with Crippen LogP contribution in [0.15, 0.2) is 18.5 Å². The topological polar surface area (TPSA) is 70.1 Å². The third kappa shape index (κ3) is 2.21. The maximum Gasteiger partial charge on any atom is 0.325 e. The number of fused-ring (bicyclic) bond motifs is 1. The molecule has 112 valence electrons. The fourth-order valence-electron chi connectivity index (χ4n) is 3.25. The van der Waals surface area contributed by atoms with E-state index in [4.69, 9.17) is 10.5 Å². The highest BCUT2D eigenvalue weighted by molar-refractivity contribution is 5.81. The molecule has 1 aliphatic rings. The second kappa shape index (κ2) is 4.84. The fraction of sp³-hybridized carbons (Fsp3) is 0.500. The Morgan fingerprint density at radius 2 is 2.14 bits per heavy atom. The maximum atomic E-state index is 11.8. The number of hydrogen-bond donors (Lipinski definition) is 1. The number of rotatable bonds is 2. The van der Waals surface area contributed by atoms with Crippen LogP contribution in [0.25, 0.3) is 11.0 Å². The highest BCUT2D eigenvalue weighted by Gasteiger charge is 2.43. The first-order chi connectivity index (χ1) is 9.94. The van der Waals surface area contributed by atoms with Gasteiger partial charge in [-0.15, -0.1) is 0 Å². The molecular formula is C16H21N3O2. The Kier molecular flexibility index (Phi) is 3.24. The highest BCUT2D eigenvalue weighted by atomic mass is 16.5. The number of aromatic nitrogens is 2. The number of imidazole rings is 1. The van der Waals surface area contributed by atoms with Crippen LogP contribution in [0.2, 0.25) is 0 Å². The zero-order valence-electron chi connectivity index (χ0n) is 12.7. The van der Waals surface area contributed by atoms with E-state index in [0.29, 0.717) is 12.8 Å². The molecule has 3 rings (SSSR count). The van der Waals surface area contributed by atoms with Crippen LogP contribution in [0.1, 0.15) is 36.4 Å². The number of aryl methyl sites for hydroxylation is 2. The van der Waals surface area contributed by atoms with Crippen molar-refractivity contribution in [2.24, 2.45) is 5.73 Å². The largest absolute Gasteiger partial charge is 0.468 e. The smallest absolute Gasteiger partial charge is 0.325 e. The summed E-state index contributed by atoms with van der Waals surface area (Å²) in [4.78, 5) is 16.3. The van der Waals surface area contributed by atoms with Gasteiger partial charge in [-0.1, -0.05) is 0 Å². The average Bonchev–Trinajstić information content (AvgIpc) is 3.03. The van der Waals surface area contributed by atoms with Crippen LogP contribution in [0.3, 0.4) is 0 Å². The lowest BCUT2D eigenvalue weighted by Crippen LogP contribution is -2.46. The summed E-state index contributed by atoms with van der Waals surface area (Å²) in [7, 11) is 1.39. The summed E-state index contributed by atoms with van der Waals surface area (Å²) >= 11 is 0. The second-order valence-corrected chi connectivity index (χ2v) is 6.12. The Labute approximate surface area is 124 Å². The maximum absolute atomic E-state index is 11.8. The van der Waals surface area contributed by atoms with E-state index in [1.54, 1.807) is 0 Å². The Hall–Kier alpha value is -1.88. The summed E-state index contributed by atoms with van der Waals surface area (Å²) in [6.07, 6.45) is 3.97. The zero-order chi connectivity index (χ0) is 15.2. The Balaban J connectivity index is 1.96. The molecule has 1 heterocycles. The van der Waals surface area contributed by atoms with Crippen LogP contribution >= 0.6 is 0 Å². The molecule has 2 unspecified atom stereocenters. The van der Waals surface area contributed by atoms with Crippen molar-refractivity contribution in [1.29, 1.82) is 0 Å². The molecule has 2 N–H and O–H groups in total. The molecule has 0 amide bonds. The van der Waals surface area contributed by atoms with Crippen molar-refractivity contribution in [1.82, 2.24) is 9.55 Å². The Morgan fingerprint density at radius 3 is 2.86 bits per heavy atom. The lowest BCUT2D eigenvalue weighted by atomic mass is 9.99. The number of carbonyl (C=O) groups is 1. The number of nitrogens with two attached hydrogens (primary N) is 1. The normalized spacial score (nSPS) is 25.4. The van der Waals surface area contributed by atoms with Crippen molar-refractivity contribution in [3.63, 3.8) is 0 Å².